The third-order valence-electron chi connectivity index (χ3n) is 3.50. The van der Waals surface area contributed by atoms with Gasteiger partial charge < -0.3 is 10.4 Å². The number of rotatable bonds is 5. The molecule has 0 aliphatic rings. The lowest BCUT2D eigenvalue weighted by molar-refractivity contribution is -0.142. The number of aliphatic carboxylic acids is 1. The van der Waals surface area contributed by atoms with E-state index in [0.29, 0.717) is 11.3 Å². The number of hydrogen-bond acceptors (Lipinski definition) is 4. The van der Waals surface area contributed by atoms with Gasteiger partial charge in [-0.3, -0.25) is 14.6 Å². The zero-order valence-corrected chi connectivity index (χ0v) is 12.4. The summed E-state index contributed by atoms with van der Waals surface area (Å²) in [5.41, 5.74) is 0.273. The first-order valence-corrected chi connectivity index (χ1v) is 6.79. The lowest BCUT2D eigenvalue weighted by Crippen LogP contribution is -2.44. The van der Waals surface area contributed by atoms with Gasteiger partial charge in [0.2, 0.25) is 0 Å². The molecule has 0 radical (unpaired) electrons. The van der Waals surface area contributed by atoms with Crippen molar-refractivity contribution in [2.45, 2.75) is 19.3 Å². The van der Waals surface area contributed by atoms with Crippen molar-refractivity contribution in [3.63, 3.8) is 0 Å². The molecule has 0 aliphatic carbocycles. The zero-order valence-electron chi connectivity index (χ0n) is 12.4. The summed E-state index contributed by atoms with van der Waals surface area (Å²) in [5.74, 6) is -1.45. The van der Waals surface area contributed by atoms with Gasteiger partial charge >= 0.3 is 5.97 Å². The van der Waals surface area contributed by atoms with Crippen LogP contribution in [0.25, 0.3) is 0 Å². The van der Waals surface area contributed by atoms with Crippen LogP contribution in [0.2, 0.25) is 0 Å². The summed E-state index contributed by atoms with van der Waals surface area (Å²) in [6.07, 6.45) is 2.85. The van der Waals surface area contributed by atoms with E-state index in [1.807, 2.05) is 6.07 Å². The van der Waals surface area contributed by atoms with Gasteiger partial charge in [-0.2, -0.15) is 0 Å². The highest BCUT2D eigenvalue weighted by Crippen LogP contribution is 2.23. The van der Waals surface area contributed by atoms with Gasteiger partial charge in [-0.25, -0.2) is 4.98 Å². The van der Waals surface area contributed by atoms with E-state index in [4.69, 9.17) is 0 Å². The van der Waals surface area contributed by atoms with Crippen LogP contribution in [0.5, 0.6) is 0 Å². The Morgan fingerprint density at radius 1 is 1.18 bits per heavy atom. The van der Waals surface area contributed by atoms with Crippen molar-refractivity contribution < 1.29 is 14.7 Å². The minimum atomic E-state index is -1.21. The Balaban J connectivity index is 2.14. The van der Waals surface area contributed by atoms with E-state index in [1.165, 1.54) is 12.4 Å². The van der Waals surface area contributed by atoms with Crippen LogP contribution in [0.15, 0.2) is 42.7 Å². The molecule has 6 nitrogen and oxygen atoms in total. The molecule has 0 bridgehead atoms. The molecular weight excluding hydrogens is 282 g/mol. The molecule has 0 saturated heterocycles. The van der Waals surface area contributed by atoms with Crippen molar-refractivity contribution in [3.05, 3.63) is 59.7 Å². The lowest BCUT2D eigenvalue weighted by atomic mass is 9.82. The molecule has 0 aliphatic heterocycles. The average molecular weight is 299 g/mol. The van der Waals surface area contributed by atoms with Gasteiger partial charge in [0, 0.05) is 12.7 Å². The van der Waals surface area contributed by atoms with Gasteiger partial charge in [0.25, 0.3) is 5.91 Å². The second kappa shape index (κ2) is 6.34. The number of carbonyl (C=O) groups is 2. The predicted octanol–water partition coefficient (Wildman–Crippen LogP) is 1.56. The van der Waals surface area contributed by atoms with Crippen LogP contribution in [-0.2, 0) is 10.2 Å². The number of amides is 1. The number of hydrogen-bond donors (Lipinski definition) is 2. The minimum Gasteiger partial charge on any atom is -0.481 e. The molecule has 2 rings (SSSR count). The fourth-order valence-electron chi connectivity index (χ4n) is 1.96. The second-order valence-electron chi connectivity index (χ2n) is 5.23. The van der Waals surface area contributed by atoms with E-state index in [9.17, 15) is 14.7 Å². The van der Waals surface area contributed by atoms with E-state index < -0.39 is 17.3 Å². The van der Waals surface area contributed by atoms with Gasteiger partial charge in [0.15, 0.2) is 0 Å². The molecule has 1 atom stereocenters. The number of aromatic nitrogens is 2. The first-order valence-electron chi connectivity index (χ1n) is 6.79. The largest absolute Gasteiger partial charge is 0.481 e. The highest BCUT2D eigenvalue weighted by atomic mass is 16.4. The Hall–Kier alpha value is -2.76. The quantitative estimate of drug-likeness (QED) is 0.874. The molecule has 1 aromatic heterocycles. The van der Waals surface area contributed by atoms with E-state index >= 15 is 0 Å². The summed E-state index contributed by atoms with van der Waals surface area (Å²) < 4.78 is 0. The third kappa shape index (κ3) is 3.28. The van der Waals surface area contributed by atoms with Gasteiger partial charge in [0.1, 0.15) is 11.1 Å². The molecule has 6 heteroatoms. The topological polar surface area (TPSA) is 92.2 Å². The van der Waals surface area contributed by atoms with Crippen LogP contribution in [0.4, 0.5) is 0 Å². The number of aryl methyl sites for hydroxylation is 1. The summed E-state index contributed by atoms with van der Waals surface area (Å²) in [6.45, 7) is 3.30. The third-order valence-corrected chi connectivity index (χ3v) is 3.50. The molecule has 1 unspecified atom stereocenters. The highest BCUT2D eigenvalue weighted by Gasteiger charge is 2.35. The Bertz CT molecular complexity index is 671. The fourth-order valence-corrected chi connectivity index (χ4v) is 1.96. The number of nitrogens with zero attached hydrogens (tertiary/aromatic N) is 2. The van der Waals surface area contributed by atoms with Gasteiger partial charge in [-0.1, -0.05) is 30.3 Å². The van der Waals surface area contributed by atoms with Crippen molar-refractivity contribution in [1.29, 1.82) is 0 Å². The highest BCUT2D eigenvalue weighted by molar-refractivity contribution is 5.92. The molecule has 22 heavy (non-hydrogen) atoms. The van der Waals surface area contributed by atoms with Crippen molar-refractivity contribution in [2.24, 2.45) is 0 Å². The van der Waals surface area contributed by atoms with Crippen molar-refractivity contribution in [3.8, 4) is 0 Å². The Morgan fingerprint density at radius 2 is 1.86 bits per heavy atom. The first-order chi connectivity index (χ1) is 10.4. The van der Waals surface area contributed by atoms with E-state index in [-0.39, 0.29) is 12.2 Å². The SMILES string of the molecule is Cc1cnc(C(=O)NCC(C)(C(=O)O)c2ccccc2)cn1. The molecule has 0 fully saturated rings. The number of nitrogens with one attached hydrogen (secondary N) is 1. The normalized spacial score (nSPS) is 13.2. The summed E-state index contributed by atoms with van der Waals surface area (Å²) in [7, 11) is 0. The van der Waals surface area contributed by atoms with Crippen molar-refractivity contribution in [2.75, 3.05) is 6.54 Å². The zero-order chi connectivity index (χ0) is 16.2. The van der Waals surface area contributed by atoms with E-state index in [1.54, 1.807) is 38.1 Å². The van der Waals surface area contributed by atoms with Crippen LogP contribution < -0.4 is 5.32 Å². The molecule has 114 valence electrons. The molecule has 0 spiro atoms. The Kier molecular flexibility index (Phi) is 4.50. The van der Waals surface area contributed by atoms with Gasteiger partial charge in [0.05, 0.1) is 11.9 Å². The predicted molar refractivity (Wildman–Crippen MR) is 80.5 cm³/mol. The van der Waals surface area contributed by atoms with Crippen LogP contribution >= 0.6 is 0 Å². The number of carbonyl (C=O) groups excluding carboxylic acids is 1. The minimum absolute atomic E-state index is 0.0409. The molecular formula is C16H17N3O3. The van der Waals surface area contributed by atoms with Gasteiger partial charge in [-0.05, 0) is 19.4 Å². The number of carboxylic acid groups (broad SMARTS) is 1. The van der Waals surface area contributed by atoms with Gasteiger partial charge in [-0.15, -0.1) is 0 Å². The van der Waals surface area contributed by atoms with Crippen LogP contribution in [0, 0.1) is 6.92 Å². The van der Waals surface area contributed by atoms with Crippen LogP contribution in [-0.4, -0.2) is 33.5 Å². The summed E-state index contributed by atoms with van der Waals surface area (Å²) in [5, 5.41) is 12.1. The monoisotopic (exact) mass is 299 g/mol. The summed E-state index contributed by atoms with van der Waals surface area (Å²) in [6, 6.07) is 8.80. The van der Waals surface area contributed by atoms with Crippen LogP contribution in [0.3, 0.4) is 0 Å². The fraction of sp³-hybridized carbons (Fsp3) is 0.250. The number of benzene rings is 1. The maximum atomic E-state index is 12.1. The molecule has 0 saturated carbocycles. The average Bonchev–Trinajstić information content (AvgIpc) is 2.53. The van der Waals surface area contributed by atoms with E-state index in [2.05, 4.69) is 15.3 Å². The standard InChI is InChI=1S/C16H17N3O3/c1-11-8-18-13(9-17-11)14(20)19-10-16(2,15(21)22)12-6-4-3-5-7-12/h3-9H,10H2,1-2H3,(H,19,20)(H,21,22). The van der Waals surface area contributed by atoms with Crippen LogP contribution in [0.1, 0.15) is 28.7 Å². The maximum Gasteiger partial charge on any atom is 0.315 e. The summed E-state index contributed by atoms with van der Waals surface area (Å²) in [4.78, 5) is 31.7. The molecule has 2 aromatic rings. The Morgan fingerprint density at radius 3 is 2.41 bits per heavy atom. The maximum absolute atomic E-state index is 12.1. The molecule has 2 N–H and O–H groups in total. The second-order valence-corrected chi connectivity index (χ2v) is 5.23. The van der Waals surface area contributed by atoms with E-state index in [0.717, 1.165) is 0 Å². The molecule has 1 heterocycles. The number of carboxylic acids is 1. The Labute approximate surface area is 128 Å². The lowest BCUT2D eigenvalue weighted by Gasteiger charge is -2.25. The smallest absolute Gasteiger partial charge is 0.315 e. The molecule has 1 amide bonds. The first kappa shape index (κ1) is 15.6. The van der Waals surface area contributed by atoms with Crippen molar-refractivity contribution in [1.82, 2.24) is 15.3 Å². The molecule has 1 aromatic carbocycles. The summed E-state index contributed by atoms with van der Waals surface area (Å²) >= 11 is 0. The van der Waals surface area contributed by atoms with Crippen molar-refractivity contribution >= 4 is 11.9 Å².